The second-order valence-electron chi connectivity index (χ2n) is 6.43. The zero-order chi connectivity index (χ0) is 22.1. The van der Waals surface area contributed by atoms with Gasteiger partial charge in [-0.3, -0.25) is 9.52 Å². The number of anilines is 2. The SMILES string of the molecule is CS(=O)(=O)Nc1cc(Cl)cc(NC(=O)Cc2c[nH]c(-c3c(F)cc(F)c[n+]3[O-])c2)c1. The molecule has 2 aromatic heterocycles. The molecule has 0 atom stereocenters. The molecule has 0 fully saturated rings. The second-order valence-corrected chi connectivity index (χ2v) is 8.61. The number of benzene rings is 1. The molecule has 3 N–H and O–H groups in total. The summed E-state index contributed by atoms with van der Waals surface area (Å²) in [4.78, 5) is 15.0. The van der Waals surface area contributed by atoms with Gasteiger partial charge in [0.1, 0.15) is 5.69 Å². The van der Waals surface area contributed by atoms with Gasteiger partial charge in [-0.15, -0.1) is 0 Å². The number of nitrogens with one attached hydrogen (secondary N) is 3. The van der Waals surface area contributed by atoms with Crippen LogP contribution in [0.1, 0.15) is 5.56 Å². The first-order valence-electron chi connectivity index (χ1n) is 8.34. The van der Waals surface area contributed by atoms with Gasteiger partial charge in [0.25, 0.3) is 5.69 Å². The van der Waals surface area contributed by atoms with E-state index >= 15 is 0 Å². The van der Waals surface area contributed by atoms with Crippen LogP contribution in [0.25, 0.3) is 11.4 Å². The maximum Gasteiger partial charge on any atom is 0.276 e. The summed E-state index contributed by atoms with van der Waals surface area (Å²) in [6, 6.07) is 6.18. The van der Waals surface area contributed by atoms with Crippen molar-refractivity contribution in [1.29, 1.82) is 0 Å². The Kier molecular flexibility index (Phi) is 5.94. The van der Waals surface area contributed by atoms with Gasteiger partial charge in [0.05, 0.1) is 18.4 Å². The lowest BCUT2D eigenvalue weighted by Crippen LogP contribution is -2.30. The highest BCUT2D eigenvalue weighted by atomic mass is 35.5. The lowest BCUT2D eigenvalue weighted by atomic mass is 10.2. The molecule has 3 rings (SSSR count). The van der Waals surface area contributed by atoms with Crippen LogP contribution in [0.4, 0.5) is 20.2 Å². The van der Waals surface area contributed by atoms with Crippen molar-refractivity contribution in [3.8, 4) is 11.4 Å². The molecule has 1 amide bonds. The highest BCUT2D eigenvalue weighted by Gasteiger charge is 2.20. The Morgan fingerprint density at radius 1 is 1.20 bits per heavy atom. The molecule has 12 heteroatoms. The van der Waals surface area contributed by atoms with Crippen LogP contribution in [0.5, 0.6) is 0 Å². The van der Waals surface area contributed by atoms with Gasteiger partial charge in [-0.05, 0) is 29.8 Å². The first kappa shape index (κ1) is 21.5. The maximum atomic E-state index is 13.9. The van der Waals surface area contributed by atoms with Crippen LogP contribution in [0.3, 0.4) is 0 Å². The van der Waals surface area contributed by atoms with Gasteiger partial charge < -0.3 is 15.5 Å². The number of hydrogen-bond acceptors (Lipinski definition) is 4. The first-order valence-corrected chi connectivity index (χ1v) is 10.6. The van der Waals surface area contributed by atoms with Gasteiger partial charge in [0.15, 0.2) is 5.82 Å². The molecular weight excluding hydrogens is 442 g/mol. The van der Waals surface area contributed by atoms with Crippen LogP contribution < -0.4 is 14.8 Å². The molecular formula is C18H15ClF2N4O4S. The Labute approximate surface area is 175 Å². The summed E-state index contributed by atoms with van der Waals surface area (Å²) < 4.78 is 52.0. The first-order chi connectivity index (χ1) is 14.0. The molecule has 30 heavy (non-hydrogen) atoms. The number of aromatic nitrogens is 2. The smallest absolute Gasteiger partial charge is 0.276 e. The molecule has 158 valence electrons. The van der Waals surface area contributed by atoms with E-state index in [1.165, 1.54) is 30.5 Å². The Bertz CT molecular complexity index is 1210. The Balaban J connectivity index is 1.74. The van der Waals surface area contributed by atoms with E-state index in [1.54, 1.807) is 0 Å². The Morgan fingerprint density at radius 2 is 1.90 bits per heavy atom. The monoisotopic (exact) mass is 456 g/mol. The molecule has 0 spiro atoms. The molecule has 0 aliphatic heterocycles. The number of carbonyl (C=O) groups is 1. The van der Waals surface area contributed by atoms with Gasteiger partial charge in [-0.2, -0.15) is 9.12 Å². The number of carbonyl (C=O) groups excluding carboxylic acids is 1. The number of nitrogens with zero attached hydrogens (tertiary/aromatic N) is 1. The summed E-state index contributed by atoms with van der Waals surface area (Å²) in [6.07, 6.45) is 2.84. The van der Waals surface area contributed by atoms with Gasteiger partial charge in [-0.1, -0.05) is 11.6 Å². The van der Waals surface area contributed by atoms with Gasteiger partial charge >= 0.3 is 0 Å². The summed E-state index contributed by atoms with van der Waals surface area (Å²) >= 11 is 5.95. The molecule has 0 bridgehead atoms. The van der Waals surface area contributed by atoms with Crippen LogP contribution in [0.15, 0.2) is 42.7 Å². The normalized spacial score (nSPS) is 11.3. The highest BCUT2D eigenvalue weighted by Crippen LogP contribution is 2.24. The van der Waals surface area contributed by atoms with Crippen molar-refractivity contribution in [2.24, 2.45) is 0 Å². The van der Waals surface area contributed by atoms with E-state index in [9.17, 15) is 27.2 Å². The molecule has 0 saturated heterocycles. The number of H-pyrrole nitrogens is 1. The minimum Gasteiger partial charge on any atom is -0.618 e. The van der Waals surface area contributed by atoms with Crippen molar-refractivity contribution < 1.29 is 26.7 Å². The third-order valence-corrected chi connectivity index (χ3v) is 4.62. The zero-order valence-corrected chi connectivity index (χ0v) is 16.9. The van der Waals surface area contributed by atoms with Crippen molar-refractivity contribution >= 4 is 38.9 Å². The van der Waals surface area contributed by atoms with E-state index in [2.05, 4.69) is 15.0 Å². The minimum absolute atomic E-state index is 0.0582. The number of aromatic amines is 1. The van der Waals surface area contributed by atoms with E-state index in [1.807, 2.05) is 0 Å². The summed E-state index contributed by atoms with van der Waals surface area (Å²) in [6.45, 7) is 0. The van der Waals surface area contributed by atoms with Crippen LogP contribution in [0, 0.1) is 16.8 Å². The predicted octanol–water partition coefficient (Wildman–Crippen LogP) is 2.80. The number of hydrogen-bond donors (Lipinski definition) is 3. The molecule has 0 saturated carbocycles. The highest BCUT2D eigenvalue weighted by molar-refractivity contribution is 7.92. The minimum atomic E-state index is -3.53. The summed E-state index contributed by atoms with van der Waals surface area (Å²) in [7, 11) is -3.53. The average Bonchev–Trinajstić information content (AvgIpc) is 2.99. The Hall–Kier alpha value is -3.18. The molecule has 2 heterocycles. The number of halogens is 3. The van der Waals surface area contributed by atoms with Crippen LogP contribution in [-0.2, 0) is 21.2 Å². The topological polar surface area (TPSA) is 118 Å². The number of rotatable bonds is 6. The second kappa shape index (κ2) is 8.28. The molecule has 0 aliphatic rings. The van der Waals surface area contributed by atoms with Crippen molar-refractivity contribution in [1.82, 2.24) is 4.98 Å². The fourth-order valence-corrected chi connectivity index (χ4v) is 3.54. The van der Waals surface area contributed by atoms with Crippen molar-refractivity contribution in [2.45, 2.75) is 6.42 Å². The quantitative estimate of drug-likeness (QED) is 0.390. The third-order valence-electron chi connectivity index (χ3n) is 3.80. The van der Waals surface area contributed by atoms with E-state index in [0.29, 0.717) is 17.8 Å². The van der Waals surface area contributed by atoms with E-state index in [-0.39, 0.29) is 33.2 Å². The van der Waals surface area contributed by atoms with Crippen LogP contribution >= 0.6 is 11.6 Å². The van der Waals surface area contributed by atoms with Crippen LogP contribution in [0.2, 0.25) is 5.02 Å². The standard InChI is InChI=1S/C18H15ClF2N4O4S/c1-30(28,29)24-14-5-11(19)4-13(7-14)23-17(26)3-10-2-16(22-8-10)18-15(21)6-12(20)9-25(18)27/h2,4-9,22,24H,3H2,1H3,(H,23,26). The van der Waals surface area contributed by atoms with Crippen molar-refractivity contribution in [2.75, 3.05) is 16.3 Å². The molecule has 8 nitrogen and oxygen atoms in total. The summed E-state index contributed by atoms with van der Waals surface area (Å²) in [5, 5.41) is 14.6. The molecule has 0 unspecified atom stereocenters. The maximum absolute atomic E-state index is 13.9. The van der Waals surface area contributed by atoms with Gasteiger partial charge in [-0.25, -0.2) is 12.8 Å². The van der Waals surface area contributed by atoms with Gasteiger partial charge in [0, 0.05) is 23.0 Å². The zero-order valence-electron chi connectivity index (χ0n) is 15.4. The number of pyridine rings is 1. The average molecular weight is 457 g/mol. The lowest BCUT2D eigenvalue weighted by Gasteiger charge is -2.09. The fraction of sp³-hybridized carbons (Fsp3) is 0.111. The molecule has 3 aromatic rings. The largest absolute Gasteiger partial charge is 0.618 e. The van der Waals surface area contributed by atoms with Crippen molar-refractivity contribution in [3.05, 3.63) is 70.2 Å². The number of amides is 1. The van der Waals surface area contributed by atoms with Crippen LogP contribution in [-0.4, -0.2) is 25.6 Å². The predicted molar refractivity (Wildman–Crippen MR) is 107 cm³/mol. The molecule has 0 radical (unpaired) electrons. The summed E-state index contributed by atoms with van der Waals surface area (Å²) in [5.74, 6) is -2.53. The van der Waals surface area contributed by atoms with Crippen molar-refractivity contribution in [3.63, 3.8) is 0 Å². The van der Waals surface area contributed by atoms with E-state index in [0.717, 1.165) is 6.26 Å². The summed E-state index contributed by atoms with van der Waals surface area (Å²) in [5.41, 5.74) is 0.539. The van der Waals surface area contributed by atoms with E-state index in [4.69, 9.17) is 11.6 Å². The lowest BCUT2D eigenvalue weighted by molar-refractivity contribution is -0.597. The van der Waals surface area contributed by atoms with Gasteiger partial charge in [0.2, 0.25) is 27.9 Å². The molecule has 0 aliphatic carbocycles. The Morgan fingerprint density at radius 3 is 2.57 bits per heavy atom. The van der Waals surface area contributed by atoms with E-state index < -0.39 is 33.3 Å². The molecule has 1 aromatic carbocycles. The fourth-order valence-electron chi connectivity index (χ4n) is 2.76. The number of sulfonamides is 1. The third kappa shape index (κ3) is 5.45.